The molecule has 1 unspecified atom stereocenters. The van der Waals surface area contributed by atoms with Crippen molar-refractivity contribution in [3.05, 3.63) is 27.2 Å². The van der Waals surface area contributed by atoms with Crippen molar-refractivity contribution in [2.24, 2.45) is 5.41 Å². The first-order valence-corrected chi connectivity index (χ1v) is 7.17. The van der Waals surface area contributed by atoms with Crippen LogP contribution in [0.2, 0.25) is 15.1 Å². The van der Waals surface area contributed by atoms with E-state index in [0.717, 1.165) is 0 Å². The van der Waals surface area contributed by atoms with Gasteiger partial charge < -0.3 is 4.74 Å². The highest BCUT2D eigenvalue weighted by Gasteiger charge is 2.30. The van der Waals surface area contributed by atoms with E-state index in [0.29, 0.717) is 5.02 Å². The van der Waals surface area contributed by atoms with Crippen LogP contribution in [-0.2, 0) is 4.79 Å². The number of Topliss-reactive ketones (excluding diaryl/α,β-unsaturated/α-hetero) is 1. The molecule has 0 aliphatic carbocycles. The predicted octanol–water partition coefficient (Wildman–Crippen LogP) is 5.36. The lowest BCUT2D eigenvalue weighted by molar-refractivity contribution is -0.129. The van der Waals surface area contributed by atoms with Gasteiger partial charge >= 0.3 is 0 Å². The van der Waals surface area contributed by atoms with Crippen LogP contribution < -0.4 is 4.74 Å². The van der Waals surface area contributed by atoms with Crippen molar-refractivity contribution in [3.8, 4) is 5.75 Å². The van der Waals surface area contributed by atoms with Gasteiger partial charge in [0.15, 0.2) is 11.5 Å². The molecule has 18 heavy (non-hydrogen) atoms. The molecular weight excluding hydrogens is 362 g/mol. The van der Waals surface area contributed by atoms with E-state index in [1.54, 1.807) is 20.8 Å². The molecular formula is C12H12BrCl3O2. The Bertz CT molecular complexity index is 446. The van der Waals surface area contributed by atoms with Gasteiger partial charge in [0.2, 0.25) is 5.01 Å². The van der Waals surface area contributed by atoms with Gasteiger partial charge in [0.1, 0.15) is 0 Å². The number of hydrogen-bond acceptors (Lipinski definition) is 2. The smallest absolute Gasteiger partial charge is 0.211 e. The zero-order valence-electron chi connectivity index (χ0n) is 10.1. The third-order valence-electron chi connectivity index (χ3n) is 2.13. The number of alkyl halides is 1. The molecule has 0 spiro atoms. The number of benzene rings is 1. The fourth-order valence-electron chi connectivity index (χ4n) is 1.14. The molecule has 0 aliphatic heterocycles. The van der Waals surface area contributed by atoms with Gasteiger partial charge in [-0.25, -0.2) is 0 Å². The van der Waals surface area contributed by atoms with Crippen LogP contribution in [0, 0.1) is 5.41 Å². The second-order valence-corrected chi connectivity index (χ2v) is 6.83. The zero-order chi connectivity index (χ0) is 14.1. The topological polar surface area (TPSA) is 26.3 Å². The van der Waals surface area contributed by atoms with Gasteiger partial charge in [-0.15, -0.1) is 0 Å². The van der Waals surface area contributed by atoms with E-state index in [4.69, 9.17) is 39.5 Å². The van der Waals surface area contributed by atoms with Crippen LogP contribution in [0.1, 0.15) is 20.8 Å². The fraction of sp³-hybridized carbons (Fsp3) is 0.417. The molecule has 0 bridgehead atoms. The summed E-state index contributed by atoms with van der Waals surface area (Å²) < 4.78 is 5.46. The number of rotatable bonds is 3. The van der Waals surface area contributed by atoms with Gasteiger partial charge in [-0.2, -0.15) is 0 Å². The molecule has 1 aromatic carbocycles. The third kappa shape index (κ3) is 4.02. The van der Waals surface area contributed by atoms with Crippen LogP contribution in [0.25, 0.3) is 0 Å². The number of carbonyl (C=O) groups excluding carboxylic acids is 1. The molecule has 0 heterocycles. The minimum absolute atomic E-state index is 0.107. The second-order valence-electron chi connectivity index (χ2n) is 4.75. The van der Waals surface area contributed by atoms with Crippen LogP contribution in [-0.4, -0.2) is 10.8 Å². The normalized spacial score (nSPS) is 13.3. The molecule has 1 aromatic rings. The largest absolute Gasteiger partial charge is 0.468 e. The van der Waals surface area contributed by atoms with Gasteiger partial charge in [0, 0.05) is 10.4 Å². The summed E-state index contributed by atoms with van der Waals surface area (Å²) in [5.41, 5.74) is -0.528. The number of carbonyl (C=O) groups is 1. The van der Waals surface area contributed by atoms with Crippen LogP contribution in [0.3, 0.4) is 0 Å². The highest BCUT2D eigenvalue weighted by atomic mass is 79.9. The number of ketones is 1. The molecule has 0 saturated heterocycles. The van der Waals surface area contributed by atoms with E-state index in [1.165, 1.54) is 12.1 Å². The minimum Gasteiger partial charge on any atom is -0.468 e. The van der Waals surface area contributed by atoms with Crippen LogP contribution in [0.5, 0.6) is 5.75 Å². The lowest BCUT2D eigenvalue weighted by Gasteiger charge is -2.22. The maximum absolute atomic E-state index is 12.0. The van der Waals surface area contributed by atoms with Gasteiger partial charge in [0.05, 0.1) is 10.0 Å². The molecule has 0 N–H and O–H groups in total. The predicted molar refractivity (Wildman–Crippen MR) is 79.3 cm³/mol. The van der Waals surface area contributed by atoms with Crippen LogP contribution in [0.15, 0.2) is 12.1 Å². The summed E-state index contributed by atoms with van der Waals surface area (Å²) in [7, 11) is 0. The molecule has 0 fully saturated rings. The van der Waals surface area contributed by atoms with Crippen molar-refractivity contribution in [1.29, 1.82) is 0 Å². The Kier molecular flexibility index (Phi) is 5.36. The Labute approximate surface area is 130 Å². The Balaban J connectivity index is 2.96. The lowest BCUT2D eigenvalue weighted by Crippen LogP contribution is -2.32. The average Bonchev–Trinajstić information content (AvgIpc) is 2.20. The maximum Gasteiger partial charge on any atom is 0.211 e. The first-order chi connectivity index (χ1) is 8.12. The van der Waals surface area contributed by atoms with E-state index in [-0.39, 0.29) is 21.6 Å². The van der Waals surface area contributed by atoms with E-state index in [2.05, 4.69) is 15.9 Å². The van der Waals surface area contributed by atoms with E-state index >= 15 is 0 Å². The van der Waals surface area contributed by atoms with Crippen molar-refractivity contribution in [3.63, 3.8) is 0 Å². The summed E-state index contributed by atoms with van der Waals surface area (Å²) >= 11 is 20.9. The van der Waals surface area contributed by atoms with Gasteiger partial charge in [0.25, 0.3) is 0 Å². The molecule has 100 valence electrons. The summed E-state index contributed by atoms with van der Waals surface area (Å²) in [6.45, 7) is 5.41. The van der Waals surface area contributed by atoms with Crippen molar-refractivity contribution in [2.75, 3.05) is 0 Å². The molecule has 0 radical (unpaired) electrons. The van der Waals surface area contributed by atoms with Gasteiger partial charge in [-0.05, 0) is 28.1 Å². The quantitative estimate of drug-likeness (QED) is 0.666. The molecule has 1 rings (SSSR count). The van der Waals surface area contributed by atoms with Gasteiger partial charge in [-0.1, -0.05) is 55.6 Å². The number of ether oxygens (including phenoxy) is 1. The Hall–Kier alpha value is 0.0400. The van der Waals surface area contributed by atoms with Crippen molar-refractivity contribution >= 4 is 56.5 Å². The summed E-state index contributed by atoms with van der Waals surface area (Å²) in [4.78, 5) is 12.0. The highest BCUT2D eigenvalue weighted by molar-refractivity contribution is 9.09. The maximum atomic E-state index is 12.0. The fourth-order valence-corrected chi connectivity index (χ4v) is 2.92. The minimum atomic E-state index is -0.811. The third-order valence-corrected chi connectivity index (χ3v) is 3.51. The molecule has 0 aromatic heterocycles. The Morgan fingerprint density at radius 3 is 2.06 bits per heavy atom. The summed E-state index contributed by atoms with van der Waals surface area (Å²) in [6, 6.07) is 3.01. The van der Waals surface area contributed by atoms with Gasteiger partial charge in [-0.3, -0.25) is 4.79 Å². The second kappa shape index (κ2) is 6.00. The molecule has 6 heteroatoms. The summed E-state index contributed by atoms with van der Waals surface area (Å²) in [5, 5.41) is 0.122. The summed E-state index contributed by atoms with van der Waals surface area (Å²) in [5.74, 6) is 0.131. The highest BCUT2D eigenvalue weighted by Crippen LogP contribution is 2.37. The van der Waals surface area contributed by atoms with Crippen molar-refractivity contribution in [1.82, 2.24) is 0 Å². The average molecular weight is 374 g/mol. The zero-order valence-corrected chi connectivity index (χ0v) is 13.9. The first-order valence-electron chi connectivity index (χ1n) is 5.12. The molecule has 1 atom stereocenters. The first kappa shape index (κ1) is 16.1. The summed E-state index contributed by atoms with van der Waals surface area (Å²) in [6.07, 6.45) is 0. The number of halogens is 4. The molecule has 2 nitrogen and oxygen atoms in total. The molecule has 0 aliphatic rings. The Morgan fingerprint density at radius 2 is 1.67 bits per heavy atom. The monoisotopic (exact) mass is 372 g/mol. The SMILES string of the molecule is CC(C)(C)C(=O)C(Br)Oc1c(Cl)cc(Cl)cc1Cl. The van der Waals surface area contributed by atoms with E-state index in [9.17, 15) is 4.79 Å². The van der Waals surface area contributed by atoms with E-state index < -0.39 is 10.4 Å². The molecule has 0 amide bonds. The van der Waals surface area contributed by atoms with Crippen LogP contribution in [0.4, 0.5) is 0 Å². The standard InChI is InChI=1S/C12H12BrCl3O2/c1-12(2,3)10(17)11(13)18-9-7(15)4-6(14)5-8(9)16/h4-5,11H,1-3H3. The Morgan fingerprint density at radius 1 is 1.22 bits per heavy atom. The lowest BCUT2D eigenvalue weighted by atomic mass is 9.91. The van der Waals surface area contributed by atoms with Crippen LogP contribution >= 0.6 is 50.7 Å². The molecule has 0 saturated carbocycles. The number of hydrogen-bond donors (Lipinski definition) is 0. The van der Waals surface area contributed by atoms with E-state index in [1.807, 2.05) is 0 Å². The van der Waals surface area contributed by atoms with Crippen molar-refractivity contribution < 1.29 is 9.53 Å². The van der Waals surface area contributed by atoms with Crippen molar-refractivity contribution in [2.45, 2.75) is 25.8 Å².